The molecule has 9 nitrogen and oxygen atoms in total. The van der Waals surface area contributed by atoms with Gasteiger partial charge in [0, 0.05) is 11.9 Å². The van der Waals surface area contributed by atoms with Crippen molar-refractivity contribution in [3.63, 3.8) is 0 Å². The molecule has 0 aliphatic carbocycles. The summed E-state index contributed by atoms with van der Waals surface area (Å²) in [6, 6.07) is 5.05. The molecule has 0 radical (unpaired) electrons. The quantitative estimate of drug-likeness (QED) is 0.434. The van der Waals surface area contributed by atoms with Gasteiger partial charge in [-0.05, 0) is 45.0 Å². The summed E-state index contributed by atoms with van der Waals surface area (Å²) in [7, 11) is 0. The molecule has 0 saturated heterocycles. The lowest BCUT2D eigenvalue weighted by atomic mass is 10.2. The monoisotopic (exact) mass is 393 g/mol. The molecule has 1 heterocycles. The molecule has 2 N–H and O–H groups in total. The van der Waals surface area contributed by atoms with Crippen molar-refractivity contribution in [2.75, 3.05) is 5.75 Å². The van der Waals surface area contributed by atoms with Crippen LogP contribution in [0, 0.1) is 10.1 Å². The van der Waals surface area contributed by atoms with E-state index in [2.05, 4.69) is 10.3 Å². The summed E-state index contributed by atoms with van der Waals surface area (Å²) in [6.45, 7) is 4.97. The highest BCUT2D eigenvalue weighted by Gasteiger charge is 2.26. The van der Waals surface area contributed by atoms with E-state index in [0.29, 0.717) is 10.9 Å². The summed E-state index contributed by atoms with van der Waals surface area (Å²) in [5.41, 5.74) is -0.452. The number of nitro groups is 1. The highest BCUT2D eigenvalue weighted by atomic mass is 32.2. The van der Waals surface area contributed by atoms with E-state index in [4.69, 9.17) is 4.74 Å². The average molecular weight is 393 g/mol. The van der Waals surface area contributed by atoms with Crippen LogP contribution in [0.2, 0.25) is 0 Å². The molecule has 0 unspecified atom stereocenters. The zero-order valence-corrected chi connectivity index (χ0v) is 15.8. The number of aromatic nitrogens is 1. The van der Waals surface area contributed by atoms with Gasteiger partial charge in [0.1, 0.15) is 11.6 Å². The maximum Gasteiger partial charge on any atom is 0.408 e. The minimum Gasteiger partial charge on any atom is -0.480 e. The van der Waals surface area contributed by atoms with Gasteiger partial charge in [0.15, 0.2) is 0 Å². The van der Waals surface area contributed by atoms with Crippen LogP contribution in [-0.4, -0.2) is 44.5 Å². The molecule has 144 valence electrons. The highest BCUT2D eigenvalue weighted by Crippen LogP contribution is 2.35. The molecule has 0 aliphatic rings. The fraction of sp³-hybridized carbons (Fsp3) is 0.353. The van der Waals surface area contributed by atoms with E-state index in [1.807, 2.05) is 0 Å². The minimum atomic E-state index is -1.27. The third kappa shape index (κ3) is 5.55. The number of nitro benzene ring substituents is 1. The Morgan fingerprint density at radius 1 is 1.37 bits per heavy atom. The molecule has 1 aromatic heterocycles. The summed E-state index contributed by atoms with van der Waals surface area (Å²) in [4.78, 5) is 38.6. The molecule has 10 heteroatoms. The molecule has 0 fully saturated rings. The van der Waals surface area contributed by atoms with Crippen LogP contribution in [0.3, 0.4) is 0 Å². The van der Waals surface area contributed by atoms with Crippen molar-refractivity contribution in [3.05, 3.63) is 40.6 Å². The number of amides is 1. The van der Waals surface area contributed by atoms with Crippen molar-refractivity contribution in [2.24, 2.45) is 0 Å². The number of carbonyl (C=O) groups is 2. The van der Waals surface area contributed by atoms with E-state index in [-0.39, 0.29) is 16.3 Å². The van der Waals surface area contributed by atoms with Gasteiger partial charge in [0.25, 0.3) is 5.69 Å². The molecule has 27 heavy (non-hydrogen) atoms. The van der Waals surface area contributed by atoms with Gasteiger partial charge >= 0.3 is 12.1 Å². The molecule has 1 amide bonds. The number of aliphatic carboxylic acids is 1. The number of nitrogens with one attached hydrogen (secondary N) is 1. The number of carbonyl (C=O) groups excluding carboxylic acids is 1. The van der Waals surface area contributed by atoms with Gasteiger partial charge in [-0.2, -0.15) is 0 Å². The summed E-state index contributed by atoms with van der Waals surface area (Å²) in [5.74, 6) is -1.38. The summed E-state index contributed by atoms with van der Waals surface area (Å²) in [6.07, 6.45) is 0.664. The molecule has 2 aromatic rings. The number of nitrogens with zero attached hydrogens (tertiary/aromatic N) is 2. The smallest absolute Gasteiger partial charge is 0.408 e. The number of thioether (sulfide) groups is 1. The van der Waals surface area contributed by atoms with Crippen LogP contribution in [0.15, 0.2) is 35.4 Å². The molecule has 2 rings (SSSR count). The minimum absolute atomic E-state index is 0.110. The van der Waals surface area contributed by atoms with Gasteiger partial charge in [-0.1, -0.05) is 0 Å². The van der Waals surface area contributed by atoms with Crippen molar-refractivity contribution in [2.45, 2.75) is 37.3 Å². The summed E-state index contributed by atoms with van der Waals surface area (Å²) >= 11 is 0.966. The maximum absolute atomic E-state index is 11.8. The van der Waals surface area contributed by atoms with Gasteiger partial charge in [0.2, 0.25) is 0 Å². The molecular formula is C17H19N3O6S. The van der Waals surface area contributed by atoms with E-state index in [0.717, 1.165) is 11.8 Å². The summed E-state index contributed by atoms with van der Waals surface area (Å²) in [5, 5.41) is 23.5. The van der Waals surface area contributed by atoms with Crippen molar-refractivity contribution < 1.29 is 24.4 Å². The van der Waals surface area contributed by atoms with E-state index >= 15 is 0 Å². The van der Waals surface area contributed by atoms with Crippen molar-refractivity contribution in [1.29, 1.82) is 0 Å². The second kappa shape index (κ2) is 8.21. The van der Waals surface area contributed by atoms with Crippen LogP contribution < -0.4 is 5.32 Å². The lowest BCUT2D eigenvalue weighted by molar-refractivity contribution is -0.385. The SMILES string of the molecule is CC(C)(C)OC(=O)N[C@@H](CSc1ccc2ncccc2c1[N+](=O)[O-])C(=O)O. The Morgan fingerprint density at radius 3 is 2.67 bits per heavy atom. The summed E-state index contributed by atoms with van der Waals surface area (Å²) < 4.78 is 5.05. The fourth-order valence-corrected chi connectivity index (χ4v) is 3.28. The maximum atomic E-state index is 11.8. The lowest BCUT2D eigenvalue weighted by Crippen LogP contribution is -2.44. The van der Waals surface area contributed by atoms with Gasteiger partial charge in [-0.25, -0.2) is 9.59 Å². The average Bonchev–Trinajstić information content (AvgIpc) is 2.55. The first-order valence-corrected chi connectivity index (χ1v) is 8.94. The Morgan fingerprint density at radius 2 is 2.07 bits per heavy atom. The van der Waals surface area contributed by atoms with E-state index in [1.54, 1.807) is 39.0 Å². The van der Waals surface area contributed by atoms with Gasteiger partial charge in [0.05, 0.1) is 20.7 Å². The van der Waals surface area contributed by atoms with Crippen LogP contribution >= 0.6 is 11.8 Å². The van der Waals surface area contributed by atoms with Crippen molar-refractivity contribution in [1.82, 2.24) is 10.3 Å². The number of hydrogen-bond donors (Lipinski definition) is 2. The number of alkyl carbamates (subject to hydrolysis) is 1. The molecular weight excluding hydrogens is 374 g/mol. The number of pyridine rings is 1. The van der Waals surface area contributed by atoms with Crippen LogP contribution in [0.5, 0.6) is 0 Å². The highest BCUT2D eigenvalue weighted by molar-refractivity contribution is 7.99. The number of rotatable bonds is 6. The normalized spacial score (nSPS) is 12.4. The molecule has 1 atom stereocenters. The first kappa shape index (κ1) is 20.4. The third-order valence-corrected chi connectivity index (χ3v) is 4.44. The molecule has 1 aromatic carbocycles. The van der Waals surface area contributed by atoms with Crippen molar-refractivity contribution >= 4 is 40.4 Å². The number of benzene rings is 1. The number of hydrogen-bond acceptors (Lipinski definition) is 7. The lowest BCUT2D eigenvalue weighted by Gasteiger charge is -2.21. The van der Waals surface area contributed by atoms with Gasteiger partial charge in [-0.15, -0.1) is 11.8 Å². The van der Waals surface area contributed by atoms with E-state index < -0.39 is 28.6 Å². The number of fused-ring (bicyclic) bond motifs is 1. The van der Waals surface area contributed by atoms with Crippen LogP contribution in [0.1, 0.15) is 20.8 Å². The predicted octanol–water partition coefficient (Wildman–Crippen LogP) is 3.21. The first-order valence-electron chi connectivity index (χ1n) is 7.96. The number of carboxylic acid groups (broad SMARTS) is 1. The molecule has 0 aliphatic heterocycles. The fourth-order valence-electron chi connectivity index (χ4n) is 2.22. The van der Waals surface area contributed by atoms with Gasteiger partial charge < -0.3 is 15.2 Å². The Bertz CT molecular complexity index is 881. The van der Waals surface area contributed by atoms with Crippen LogP contribution in [0.25, 0.3) is 10.9 Å². The molecule has 0 bridgehead atoms. The molecule has 0 saturated carbocycles. The second-order valence-electron chi connectivity index (χ2n) is 6.59. The molecule has 0 spiro atoms. The number of ether oxygens (including phenoxy) is 1. The Balaban J connectivity index is 2.20. The Labute approximate surface area is 159 Å². The van der Waals surface area contributed by atoms with Crippen LogP contribution in [0.4, 0.5) is 10.5 Å². The van der Waals surface area contributed by atoms with E-state index in [1.165, 1.54) is 12.3 Å². The van der Waals surface area contributed by atoms with E-state index in [9.17, 15) is 24.8 Å². The number of carboxylic acids is 1. The standard InChI is InChI=1S/C17H19N3O6S/c1-17(2,3)26-16(23)19-12(15(21)22)9-27-13-7-6-11-10(5-4-8-18-11)14(13)20(24)25/h4-8,12H,9H2,1-3H3,(H,19,23)(H,21,22)/t12-/m0/s1. The van der Waals surface area contributed by atoms with Crippen molar-refractivity contribution in [3.8, 4) is 0 Å². The second-order valence-corrected chi connectivity index (χ2v) is 7.65. The Kier molecular flexibility index (Phi) is 6.21. The van der Waals surface area contributed by atoms with Crippen LogP contribution in [-0.2, 0) is 9.53 Å². The largest absolute Gasteiger partial charge is 0.480 e. The third-order valence-electron chi connectivity index (χ3n) is 3.30. The zero-order chi connectivity index (χ0) is 20.2. The predicted molar refractivity (Wildman–Crippen MR) is 99.9 cm³/mol. The van der Waals surface area contributed by atoms with Gasteiger partial charge in [-0.3, -0.25) is 15.1 Å². The first-order chi connectivity index (χ1) is 12.6. The Hall–Kier alpha value is -2.88. The topological polar surface area (TPSA) is 132 Å². The zero-order valence-electron chi connectivity index (χ0n) is 15.0.